The molecule has 0 heterocycles. The van der Waals surface area contributed by atoms with Crippen molar-refractivity contribution in [2.24, 2.45) is 4.99 Å². The Bertz CT molecular complexity index is 668. The quantitative estimate of drug-likeness (QED) is 0.358. The minimum atomic E-state index is -0.678. The van der Waals surface area contributed by atoms with Crippen LogP contribution in [0.15, 0.2) is 59.5 Å². The second-order valence-electron chi connectivity index (χ2n) is 6.07. The predicted octanol–water partition coefficient (Wildman–Crippen LogP) is 6.17. The average Bonchev–Trinajstić information content (AvgIpc) is 2.62. The summed E-state index contributed by atoms with van der Waals surface area (Å²) in [6.45, 7) is 16.1. The van der Waals surface area contributed by atoms with Crippen LogP contribution in [0.25, 0.3) is 6.08 Å². The minimum Gasteiger partial charge on any atom is -0.443 e. The lowest BCUT2D eigenvalue weighted by Gasteiger charge is -2.24. The van der Waals surface area contributed by atoms with Crippen LogP contribution >= 0.6 is 0 Å². The van der Waals surface area contributed by atoms with Gasteiger partial charge < -0.3 is 4.74 Å². The first kappa shape index (κ1) is 23.3. The molecule has 0 radical (unpaired) electrons. The zero-order valence-electron chi connectivity index (χ0n) is 16.5. The molecule has 0 aliphatic carbocycles. The number of anilines is 1. The maximum Gasteiger partial charge on any atom is 0.414 e. The number of aliphatic imine (C=N–C) groups is 1. The summed E-state index contributed by atoms with van der Waals surface area (Å²) in [4.78, 5) is 16.7. The molecule has 1 amide bonds. The van der Waals surface area contributed by atoms with E-state index in [1.165, 1.54) is 11.0 Å². The van der Waals surface area contributed by atoms with E-state index in [1.54, 1.807) is 31.3 Å². The summed E-state index contributed by atoms with van der Waals surface area (Å²) >= 11 is 0. The lowest BCUT2D eigenvalue weighted by Crippen LogP contribution is -2.34. The summed E-state index contributed by atoms with van der Waals surface area (Å²) in [5, 5.41) is 0. The van der Waals surface area contributed by atoms with Crippen LogP contribution in [-0.2, 0) is 4.74 Å². The van der Waals surface area contributed by atoms with E-state index in [4.69, 9.17) is 4.74 Å². The molecule has 0 saturated heterocycles. The highest BCUT2D eigenvalue weighted by molar-refractivity contribution is 5.87. The lowest BCUT2D eigenvalue weighted by atomic mass is 10.1. The summed E-state index contributed by atoms with van der Waals surface area (Å²) in [5.74, 6) is -0.678. The Morgan fingerprint density at radius 3 is 2.19 bits per heavy atom. The number of hydrogen-bond donors (Lipinski definition) is 0. The van der Waals surface area contributed by atoms with Gasteiger partial charge in [-0.15, -0.1) is 0 Å². The fourth-order valence-electron chi connectivity index (χ4n) is 1.74. The average molecular weight is 360 g/mol. The van der Waals surface area contributed by atoms with Crippen molar-refractivity contribution < 1.29 is 13.9 Å². The van der Waals surface area contributed by atoms with Crippen molar-refractivity contribution in [3.63, 3.8) is 0 Å². The number of carbonyl (C=O) groups is 1. The molecule has 0 fully saturated rings. The molecule has 5 heteroatoms. The van der Waals surface area contributed by atoms with Crippen LogP contribution in [0.3, 0.4) is 0 Å². The van der Waals surface area contributed by atoms with Crippen LogP contribution in [0.1, 0.15) is 40.2 Å². The van der Waals surface area contributed by atoms with Gasteiger partial charge in [-0.3, -0.25) is 4.90 Å². The van der Waals surface area contributed by atoms with Gasteiger partial charge in [-0.2, -0.15) is 4.39 Å². The molecular formula is C21H29FN2O2. The van der Waals surface area contributed by atoms with E-state index < -0.39 is 17.6 Å². The van der Waals surface area contributed by atoms with E-state index in [2.05, 4.69) is 18.3 Å². The Hall–Kier alpha value is -2.69. The minimum absolute atomic E-state index is 0.250. The van der Waals surface area contributed by atoms with Crippen molar-refractivity contribution in [2.75, 3.05) is 11.9 Å². The van der Waals surface area contributed by atoms with E-state index in [1.807, 2.05) is 46.8 Å². The fourth-order valence-corrected chi connectivity index (χ4v) is 1.74. The maximum absolute atomic E-state index is 13.4. The first-order chi connectivity index (χ1) is 12.2. The smallest absolute Gasteiger partial charge is 0.414 e. The van der Waals surface area contributed by atoms with Gasteiger partial charge in [0.15, 0.2) is 0 Å². The molecule has 0 aromatic heterocycles. The predicted molar refractivity (Wildman–Crippen MR) is 109 cm³/mol. The molecule has 0 N–H and O–H groups in total. The number of allylic oxidation sites excluding steroid dienone is 3. The van der Waals surface area contributed by atoms with Crippen LogP contribution in [0.2, 0.25) is 0 Å². The molecule has 0 aliphatic rings. The Kier molecular flexibility index (Phi) is 9.89. The number of halogens is 1. The summed E-state index contributed by atoms with van der Waals surface area (Å²) in [6, 6.07) is 7.19. The number of benzene rings is 1. The Morgan fingerprint density at radius 1 is 1.23 bits per heavy atom. The summed E-state index contributed by atoms with van der Waals surface area (Å²) < 4.78 is 18.7. The molecule has 0 saturated carbocycles. The van der Waals surface area contributed by atoms with Crippen LogP contribution in [0.5, 0.6) is 0 Å². The van der Waals surface area contributed by atoms with Gasteiger partial charge in [0.1, 0.15) is 5.60 Å². The number of carbonyl (C=O) groups excluding carboxylic acids is 1. The molecule has 0 atom stereocenters. The van der Waals surface area contributed by atoms with Gasteiger partial charge in [0.2, 0.25) is 5.95 Å². The zero-order valence-corrected chi connectivity index (χ0v) is 16.5. The van der Waals surface area contributed by atoms with Crippen LogP contribution in [0, 0.1) is 0 Å². The molecular weight excluding hydrogens is 331 g/mol. The van der Waals surface area contributed by atoms with E-state index in [9.17, 15) is 9.18 Å². The van der Waals surface area contributed by atoms with Crippen molar-refractivity contribution in [3.8, 4) is 0 Å². The number of nitrogens with zero attached hydrogens (tertiary/aromatic N) is 2. The molecule has 0 unspecified atom stereocenters. The van der Waals surface area contributed by atoms with Crippen molar-refractivity contribution >= 4 is 24.6 Å². The number of ether oxygens (including phenoxy) is 1. The SMILES string of the molecule is C=CC(/C=C/c1ccc(N(C)C(=O)OC(C)(C)C)cc1)=C(/F)N=C.CC. The monoisotopic (exact) mass is 360 g/mol. The van der Waals surface area contributed by atoms with Crippen molar-refractivity contribution in [1.29, 1.82) is 0 Å². The molecule has 142 valence electrons. The van der Waals surface area contributed by atoms with Gasteiger partial charge in [-0.1, -0.05) is 44.7 Å². The first-order valence-electron chi connectivity index (χ1n) is 8.41. The molecule has 1 aromatic carbocycles. The van der Waals surface area contributed by atoms with Crippen molar-refractivity contribution in [3.05, 3.63) is 60.1 Å². The Balaban J connectivity index is 0.00000301. The third-order valence-electron chi connectivity index (χ3n) is 3.00. The maximum atomic E-state index is 13.4. The van der Waals surface area contributed by atoms with Crippen LogP contribution < -0.4 is 4.90 Å². The van der Waals surface area contributed by atoms with E-state index in [0.717, 1.165) is 5.56 Å². The highest BCUT2D eigenvalue weighted by atomic mass is 19.1. The Morgan fingerprint density at radius 2 is 1.77 bits per heavy atom. The molecule has 1 rings (SSSR count). The largest absolute Gasteiger partial charge is 0.443 e. The van der Waals surface area contributed by atoms with Crippen LogP contribution in [0.4, 0.5) is 14.9 Å². The van der Waals surface area contributed by atoms with Gasteiger partial charge in [0.05, 0.1) is 0 Å². The van der Waals surface area contributed by atoms with Gasteiger partial charge in [0.25, 0.3) is 0 Å². The Labute approximate surface area is 156 Å². The molecule has 0 aliphatic heterocycles. The van der Waals surface area contributed by atoms with E-state index in [0.29, 0.717) is 5.69 Å². The fraction of sp³-hybridized carbons (Fsp3) is 0.333. The zero-order chi connectivity index (χ0) is 20.3. The number of hydrogen-bond acceptors (Lipinski definition) is 3. The first-order valence-corrected chi connectivity index (χ1v) is 8.41. The molecule has 4 nitrogen and oxygen atoms in total. The molecule has 1 aromatic rings. The normalized spacial score (nSPS) is 11.8. The molecule has 26 heavy (non-hydrogen) atoms. The van der Waals surface area contributed by atoms with Crippen LogP contribution in [-0.4, -0.2) is 25.5 Å². The number of amides is 1. The molecule has 0 spiro atoms. The number of rotatable bonds is 5. The summed E-state index contributed by atoms with van der Waals surface area (Å²) in [6.07, 6.45) is 4.22. The highest BCUT2D eigenvalue weighted by Gasteiger charge is 2.20. The lowest BCUT2D eigenvalue weighted by molar-refractivity contribution is 0.0589. The van der Waals surface area contributed by atoms with E-state index >= 15 is 0 Å². The standard InChI is InChI=1S/C19H23FN2O2.C2H6/c1-7-15(17(20)21-5)11-8-14-9-12-16(13-10-14)22(6)18(23)24-19(2,3)4;1-2/h7-13H,1,5H2,2-4,6H3;1-2H3/b11-8+,17-15+;. The second-order valence-corrected chi connectivity index (χ2v) is 6.07. The highest BCUT2D eigenvalue weighted by Crippen LogP contribution is 2.19. The summed E-state index contributed by atoms with van der Waals surface area (Å²) in [7, 11) is 1.64. The van der Waals surface area contributed by atoms with Gasteiger partial charge in [-0.25, -0.2) is 9.79 Å². The van der Waals surface area contributed by atoms with E-state index in [-0.39, 0.29) is 5.57 Å². The third-order valence-corrected chi connectivity index (χ3v) is 3.00. The van der Waals surface area contributed by atoms with Gasteiger partial charge in [0, 0.05) is 18.3 Å². The van der Waals surface area contributed by atoms with Crippen molar-refractivity contribution in [1.82, 2.24) is 0 Å². The summed E-state index contributed by atoms with van der Waals surface area (Å²) in [5.41, 5.74) is 1.23. The van der Waals surface area contributed by atoms with Gasteiger partial charge >= 0.3 is 6.09 Å². The third kappa shape index (κ3) is 7.92. The van der Waals surface area contributed by atoms with Crippen molar-refractivity contribution in [2.45, 2.75) is 40.2 Å². The topological polar surface area (TPSA) is 41.9 Å². The second kappa shape index (κ2) is 11.0. The molecule has 0 bridgehead atoms. The van der Waals surface area contributed by atoms with Gasteiger partial charge in [-0.05, 0) is 51.3 Å².